The van der Waals surface area contributed by atoms with E-state index in [0.717, 1.165) is 12.1 Å². The van der Waals surface area contributed by atoms with Crippen molar-refractivity contribution in [2.45, 2.75) is 31.3 Å². The van der Waals surface area contributed by atoms with Gasteiger partial charge in [-0.05, 0) is 17.7 Å². The maximum absolute atomic E-state index is 11.2. The molecule has 0 fully saturated rings. The first kappa shape index (κ1) is 12.2. The van der Waals surface area contributed by atoms with Crippen molar-refractivity contribution in [3.05, 3.63) is 29.8 Å². The Morgan fingerprint density at radius 2 is 1.73 bits per heavy atom. The first-order chi connectivity index (χ1) is 6.89. The molecule has 1 N–H and O–H groups in total. The first-order valence-electron chi connectivity index (χ1n) is 4.92. The molecule has 0 bridgehead atoms. The van der Waals surface area contributed by atoms with Gasteiger partial charge in [-0.25, -0.2) is 8.42 Å². The number of benzene rings is 1. The van der Waals surface area contributed by atoms with Gasteiger partial charge in [0.2, 0.25) is 0 Å². The van der Waals surface area contributed by atoms with Gasteiger partial charge in [-0.2, -0.15) is 0 Å². The highest BCUT2D eigenvalue weighted by molar-refractivity contribution is 7.90. The van der Waals surface area contributed by atoms with E-state index in [9.17, 15) is 8.42 Å². The third-order valence-corrected chi connectivity index (χ3v) is 3.19. The molecule has 1 aromatic carbocycles. The molecule has 3 nitrogen and oxygen atoms in total. The van der Waals surface area contributed by atoms with E-state index in [1.807, 2.05) is 12.1 Å². The topological polar surface area (TPSA) is 46.2 Å². The van der Waals surface area contributed by atoms with Crippen molar-refractivity contribution in [3.63, 3.8) is 0 Å². The smallest absolute Gasteiger partial charge is 0.175 e. The Kier molecular flexibility index (Phi) is 3.88. The molecule has 15 heavy (non-hydrogen) atoms. The van der Waals surface area contributed by atoms with Gasteiger partial charge in [0.25, 0.3) is 0 Å². The molecule has 0 aromatic heterocycles. The maximum atomic E-state index is 11.2. The standard InChI is InChI=1S/C11H17NO2S/c1-9(2)12-8-10-4-6-11(7-5-10)15(3,13)14/h4-7,9,12H,8H2,1-3H3. The minimum absolute atomic E-state index is 0.371. The van der Waals surface area contributed by atoms with Crippen molar-refractivity contribution >= 4 is 9.84 Å². The van der Waals surface area contributed by atoms with E-state index in [1.165, 1.54) is 6.26 Å². The molecule has 0 saturated heterocycles. The van der Waals surface area contributed by atoms with Crippen LogP contribution in [0.2, 0.25) is 0 Å². The molecule has 0 spiro atoms. The van der Waals surface area contributed by atoms with Crippen LogP contribution >= 0.6 is 0 Å². The molecular formula is C11H17NO2S. The Morgan fingerprint density at radius 3 is 2.13 bits per heavy atom. The second-order valence-corrected chi connectivity index (χ2v) is 5.97. The van der Waals surface area contributed by atoms with Gasteiger partial charge in [0.1, 0.15) is 0 Å². The molecule has 0 amide bonds. The van der Waals surface area contributed by atoms with Crippen LogP contribution in [-0.2, 0) is 16.4 Å². The first-order valence-corrected chi connectivity index (χ1v) is 6.81. The summed E-state index contributed by atoms with van der Waals surface area (Å²) in [7, 11) is -3.07. The Hall–Kier alpha value is -0.870. The van der Waals surface area contributed by atoms with Gasteiger partial charge < -0.3 is 5.32 Å². The molecule has 0 atom stereocenters. The summed E-state index contributed by atoms with van der Waals surface area (Å²) in [6.07, 6.45) is 1.22. The van der Waals surface area contributed by atoms with Crippen molar-refractivity contribution in [1.82, 2.24) is 5.32 Å². The van der Waals surface area contributed by atoms with Gasteiger partial charge in [-0.15, -0.1) is 0 Å². The van der Waals surface area contributed by atoms with E-state index < -0.39 is 9.84 Å². The van der Waals surface area contributed by atoms with Crippen LogP contribution < -0.4 is 5.32 Å². The third kappa shape index (κ3) is 4.01. The lowest BCUT2D eigenvalue weighted by molar-refractivity contribution is 0.588. The Balaban J connectivity index is 2.73. The number of hydrogen-bond acceptors (Lipinski definition) is 3. The zero-order valence-electron chi connectivity index (χ0n) is 9.32. The average Bonchev–Trinajstić information content (AvgIpc) is 2.14. The Morgan fingerprint density at radius 1 is 1.20 bits per heavy atom. The SMILES string of the molecule is CC(C)NCc1ccc(S(C)(=O)=O)cc1. The van der Waals surface area contributed by atoms with Crippen LogP contribution in [0.4, 0.5) is 0 Å². The van der Waals surface area contributed by atoms with E-state index in [1.54, 1.807) is 12.1 Å². The summed E-state index contributed by atoms with van der Waals surface area (Å²) >= 11 is 0. The van der Waals surface area contributed by atoms with E-state index in [4.69, 9.17) is 0 Å². The Bertz CT molecular complexity index is 407. The molecule has 0 aliphatic heterocycles. The van der Waals surface area contributed by atoms with Crippen LogP contribution in [0.3, 0.4) is 0 Å². The van der Waals surface area contributed by atoms with Gasteiger partial charge in [0.05, 0.1) is 4.90 Å². The predicted octanol–water partition coefficient (Wildman–Crippen LogP) is 1.59. The number of hydrogen-bond donors (Lipinski definition) is 1. The van der Waals surface area contributed by atoms with Gasteiger partial charge in [0.15, 0.2) is 9.84 Å². The molecule has 1 rings (SSSR count). The second kappa shape index (κ2) is 4.77. The van der Waals surface area contributed by atoms with E-state index in [-0.39, 0.29) is 0 Å². The molecular weight excluding hydrogens is 210 g/mol. The maximum Gasteiger partial charge on any atom is 0.175 e. The lowest BCUT2D eigenvalue weighted by Crippen LogP contribution is -2.21. The monoisotopic (exact) mass is 227 g/mol. The highest BCUT2D eigenvalue weighted by Crippen LogP contribution is 2.10. The summed E-state index contributed by atoms with van der Waals surface area (Å²) in [5.74, 6) is 0. The van der Waals surface area contributed by atoms with Crippen molar-refractivity contribution in [3.8, 4) is 0 Å². The van der Waals surface area contributed by atoms with E-state index in [0.29, 0.717) is 10.9 Å². The molecule has 0 aliphatic carbocycles. The van der Waals surface area contributed by atoms with Crippen LogP contribution in [0.25, 0.3) is 0 Å². The normalized spacial score (nSPS) is 12.0. The number of rotatable bonds is 4. The van der Waals surface area contributed by atoms with Crippen molar-refractivity contribution in [1.29, 1.82) is 0 Å². The molecule has 0 heterocycles. The summed E-state index contributed by atoms with van der Waals surface area (Å²) in [4.78, 5) is 0.371. The fraction of sp³-hybridized carbons (Fsp3) is 0.455. The highest BCUT2D eigenvalue weighted by atomic mass is 32.2. The average molecular weight is 227 g/mol. The van der Waals surface area contributed by atoms with Crippen molar-refractivity contribution in [2.24, 2.45) is 0 Å². The zero-order chi connectivity index (χ0) is 11.5. The third-order valence-electron chi connectivity index (χ3n) is 2.07. The van der Waals surface area contributed by atoms with Gasteiger partial charge in [-0.1, -0.05) is 26.0 Å². The zero-order valence-corrected chi connectivity index (χ0v) is 10.1. The molecule has 0 radical (unpaired) electrons. The summed E-state index contributed by atoms with van der Waals surface area (Å²) in [6, 6.07) is 7.40. The molecule has 0 unspecified atom stereocenters. The quantitative estimate of drug-likeness (QED) is 0.849. The predicted molar refractivity (Wildman–Crippen MR) is 61.5 cm³/mol. The van der Waals surface area contributed by atoms with Crippen LogP contribution in [0.1, 0.15) is 19.4 Å². The largest absolute Gasteiger partial charge is 0.310 e. The number of nitrogens with one attached hydrogen (secondary N) is 1. The van der Waals surface area contributed by atoms with E-state index in [2.05, 4.69) is 19.2 Å². The summed E-state index contributed by atoms with van der Waals surface area (Å²) in [6.45, 7) is 4.91. The van der Waals surface area contributed by atoms with Crippen molar-refractivity contribution < 1.29 is 8.42 Å². The fourth-order valence-corrected chi connectivity index (χ4v) is 1.81. The van der Waals surface area contributed by atoms with Gasteiger partial charge in [-0.3, -0.25) is 0 Å². The van der Waals surface area contributed by atoms with Crippen LogP contribution in [0, 0.1) is 0 Å². The minimum atomic E-state index is -3.07. The van der Waals surface area contributed by atoms with Crippen LogP contribution in [0.5, 0.6) is 0 Å². The molecule has 0 aliphatic rings. The van der Waals surface area contributed by atoms with Gasteiger partial charge in [0, 0.05) is 18.8 Å². The highest BCUT2D eigenvalue weighted by Gasteiger charge is 2.05. The molecule has 4 heteroatoms. The summed E-state index contributed by atoms with van der Waals surface area (Å²) < 4.78 is 22.4. The lowest BCUT2D eigenvalue weighted by Gasteiger charge is -2.08. The molecule has 84 valence electrons. The number of sulfone groups is 1. The minimum Gasteiger partial charge on any atom is -0.310 e. The van der Waals surface area contributed by atoms with Crippen LogP contribution in [0.15, 0.2) is 29.2 Å². The van der Waals surface area contributed by atoms with Crippen molar-refractivity contribution in [2.75, 3.05) is 6.26 Å². The van der Waals surface area contributed by atoms with Crippen LogP contribution in [-0.4, -0.2) is 20.7 Å². The second-order valence-electron chi connectivity index (χ2n) is 3.95. The summed E-state index contributed by atoms with van der Waals surface area (Å²) in [5, 5.41) is 3.27. The van der Waals surface area contributed by atoms with E-state index >= 15 is 0 Å². The molecule has 1 aromatic rings. The lowest BCUT2D eigenvalue weighted by atomic mass is 10.2. The fourth-order valence-electron chi connectivity index (χ4n) is 1.18. The molecule has 0 saturated carbocycles. The summed E-state index contributed by atoms with van der Waals surface area (Å²) in [5.41, 5.74) is 1.09. The Labute approximate surface area is 91.4 Å². The van der Waals surface area contributed by atoms with Gasteiger partial charge >= 0.3 is 0 Å².